The number of nitrogens with one attached hydrogen (secondary N) is 1. The van der Waals surface area contributed by atoms with Gasteiger partial charge in [-0.3, -0.25) is 4.79 Å². The van der Waals surface area contributed by atoms with Gasteiger partial charge in [-0.25, -0.2) is 4.79 Å². The van der Waals surface area contributed by atoms with Crippen LogP contribution in [-0.2, 0) is 4.79 Å². The van der Waals surface area contributed by atoms with Crippen LogP contribution in [0.15, 0.2) is 54.6 Å². The van der Waals surface area contributed by atoms with E-state index in [1.165, 1.54) is 24.4 Å². The van der Waals surface area contributed by atoms with Crippen molar-refractivity contribution in [2.45, 2.75) is 46.7 Å². The lowest BCUT2D eigenvalue weighted by atomic mass is 9.98. The van der Waals surface area contributed by atoms with Crippen molar-refractivity contribution in [2.75, 3.05) is 12.4 Å². The Hall–Kier alpha value is -3.31. The molecule has 0 bridgehead atoms. The summed E-state index contributed by atoms with van der Waals surface area (Å²) in [4.78, 5) is 25.3. The number of carboxylic acids is 1. The Morgan fingerprint density at radius 3 is 2.12 bits per heavy atom. The van der Waals surface area contributed by atoms with Gasteiger partial charge in [-0.15, -0.1) is 0 Å². The van der Waals surface area contributed by atoms with Crippen molar-refractivity contribution in [2.24, 2.45) is 0 Å². The number of hydrogen-bond donors (Lipinski definition) is 2. The molecule has 0 aliphatic rings. The smallest absolute Gasteiger partial charge is 0.326 e. The number of hydrogen-bond acceptors (Lipinski definition) is 3. The number of rotatable bonds is 7. The number of carbonyl (C=O) groups excluding carboxylic acids is 1. The molecule has 5 nitrogen and oxygen atoms in total. The van der Waals surface area contributed by atoms with Crippen molar-refractivity contribution < 1.29 is 14.7 Å². The van der Waals surface area contributed by atoms with Gasteiger partial charge in [-0.05, 0) is 86.2 Å². The second-order valence-electron chi connectivity index (χ2n) is 8.88. The van der Waals surface area contributed by atoms with Crippen LogP contribution in [0.5, 0.6) is 0 Å². The van der Waals surface area contributed by atoms with E-state index in [-0.39, 0.29) is 11.9 Å². The van der Waals surface area contributed by atoms with Crippen molar-refractivity contribution >= 4 is 29.2 Å². The SMILES string of the molecule is Cc1cc(-c2cccc(NC(C)c3cc(C)c(Cl)c(C)c3)c2)ccc1C(=O)N(C)C(C)C(=O)O. The van der Waals surface area contributed by atoms with E-state index in [1.54, 1.807) is 6.07 Å². The molecule has 178 valence electrons. The number of carboxylic acid groups (broad SMARTS) is 1. The van der Waals surface area contributed by atoms with Crippen LogP contribution in [0, 0.1) is 20.8 Å². The molecule has 0 aliphatic carbocycles. The topological polar surface area (TPSA) is 69.6 Å². The van der Waals surface area contributed by atoms with Gasteiger partial charge in [0.05, 0.1) is 0 Å². The molecule has 2 N–H and O–H groups in total. The molecule has 3 aromatic rings. The molecule has 34 heavy (non-hydrogen) atoms. The van der Waals surface area contributed by atoms with Gasteiger partial charge < -0.3 is 15.3 Å². The first-order valence-corrected chi connectivity index (χ1v) is 11.6. The lowest BCUT2D eigenvalue weighted by Gasteiger charge is -2.22. The zero-order valence-electron chi connectivity index (χ0n) is 20.4. The maximum Gasteiger partial charge on any atom is 0.326 e. The van der Waals surface area contributed by atoms with Crippen molar-refractivity contribution in [3.63, 3.8) is 0 Å². The number of aryl methyl sites for hydroxylation is 3. The third-order valence-electron chi connectivity index (χ3n) is 6.25. The van der Waals surface area contributed by atoms with Crippen LogP contribution in [0.4, 0.5) is 5.69 Å². The van der Waals surface area contributed by atoms with Crippen LogP contribution >= 0.6 is 11.6 Å². The minimum absolute atomic E-state index is 0.0958. The van der Waals surface area contributed by atoms with E-state index < -0.39 is 12.0 Å². The maximum atomic E-state index is 12.8. The fourth-order valence-corrected chi connectivity index (χ4v) is 4.08. The number of halogens is 1. The number of benzene rings is 3. The van der Waals surface area contributed by atoms with E-state index in [4.69, 9.17) is 11.6 Å². The Bertz CT molecular complexity index is 1220. The number of likely N-dealkylation sites (N-methyl/N-ethyl adjacent to an activating group) is 1. The number of aliphatic carboxylic acids is 1. The van der Waals surface area contributed by atoms with Gasteiger partial charge in [0.2, 0.25) is 0 Å². The van der Waals surface area contributed by atoms with Gasteiger partial charge in [0.1, 0.15) is 6.04 Å². The van der Waals surface area contributed by atoms with Crippen molar-refractivity contribution in [1.29, 1.82) is 0 Å². The number of carbonyl (C=O) groups is 2. The molecule has 0 saturated carbocycles. The molecule has 0 aromatic heterocycles. The van der Waals surface area contributed by atoms with Gasteiger partial charge in [-0.1, -0.05) is 48.0 Å². The average Bonchev–Trinajstić information content (AvgIpc) is 2.80. The minimum Gasteiger partial charge on any atom is -0.480 e. The molecular formula is C28H31ClN2O3. The summed E-state index contributed by atoms with van der Waals surface area (Å²) in [5.41, 5.74) is 7.58. The molecule has 3 rings (SSSR count). The fraction of sp³-hybridized carbons (Fsp3) is 0.286. The Kier molecular flexibility index (Phi) is 7.68. The van der Waals surface area contributed by atoms with Crippen LogP contribution < -0.4 is 5.32 Å². The molecule has 6 heteroatoms. The predicted molar refractivity (Wildman–Crippen MR) is 139 cm³/mol. The lowest BCUT2D eigenvalue weighted by Crippen LogP contribution is -2.40. The summed E-state index contributed by atoms with van der Waals surface area (Å²) < 4.78 is 0. The molecule has 0 aliphatic heterocycles. The molecule has 0 heterocycles. The van der Waals surface area contributed by atoms with E-state index in [2.05, 4.69) is 30.4 Å². The first kappa shape index (κ1) is 25.3. The second kappa shape index (κ2) is 10.3. The van der Waals surface area contributed by atoms with Gasteiger partial charge in [0, 0.05) is 29.4 Å². The zero-order valence-corrected chi connectivity index (χ0v) is 21.2. The molecule has 1 amide bonds. The quantitative estimate of drug-likeness (QED) is 0.398. The molecule has 2 atom stereocenters. The first-order chi connectivity index (χ1) is 16.0. The summed E-state index contributed by atoms with van der Waals surface area (Å²) in [6, 6.07) is 17.2. The van der Waals surface area contributed by atoms with Crippen molar-refractivity contribution in [1.82, 2.24) is 4.90 Å². The second-order valence-corrected chi connectivity index (χ2v) is 9.25. The minimum atomic E-state index is -1.03. The molecule has 3 aromatic carbocycles. The van der Waals surface area contributed by atoms with Crippen LogP contribution in [0.1, 0.15) is 52.5 Å². The molecule has 0 fully saturated rings. The van der Waals surface area contributed by atoms with Gasteiger partial charge in [0.25, 0.3) is 5.91 Å². The highest BCUT2D eigenvalue weighted by molar-refractivity contribution is 6.32. The number of nitrogens with zero attached hydrogens (tertiary/aromatic N) is 1. The third-order valence-corrected chi connectivity index (χ3v) is 6.85. The third kappa shape index (κ3) is 5.42. The van der Waals surface area contributed by atoms with Crippen LogP contribution in [0.3, 0.4) is 0 Å². The van der Waals surface area contributed by atoms with Gasteiger partial charge in [0.15, 0.2) is 0 Å². The highest BCUT2D eigenvalue weighted by Gasteiger charge is 2.24. The van der Waals surface area contributed by atoms with E-state index in [1.807, 2.05) is 51.1 Å². The monoisotopic (exact) mass is 478 g/mol. The summed E-state index contributed by atoms with van der Waals surface area (Å²) in [7, 11) is 1.51. The van der Waals surface area contributed by atoms with Crippen molar-refractivity contribution in [3.8, 4) is 11.1 Å². The zero-order chi connectivity index (χ0) is 25.2. The highest BCUT2D eigenvalue weighted by atomic mass is 35.5. The Balaban J connectivity index is 1.82. The Labute approximate surface area is 206 Å². The summed E-state index contributed by atoms with van der Waals surface area (Å²) in [5, 5.41) is 13.6. The molecular weight excluding hydrogens is 448 g/mol. The van der Waals surface area contributed by atoms with Gasteiger partial charge >= 0.3 is 5.97 Å². The first-order valence-electron chi connectivity index (χ1n) is 11.2. The standard InChI is InChI=1S/C28H31ClN2O3/c1-16-12-22(10-11-25(16)27(32)31(6)20(5)28(33)34)21-8-7-9-24(15-21)30-19(4)23-13-17(2)26(29)18(3)14-23/h7-15,19-20,30H,1-6H3,(H,33,34). The predicted octanol–water partition coefficient (Wildman–Crippen LogP) is 6.65. The summed E-state index contributed by atoms with van der Waals surface area (Å²) in [6.07, 6.45) is 0. The summed E-state index contributed by atoms with van der Waals surface area (Å²) in [6.45, 7) is 9.52. The maximum absolute atomic E-state index is 12.8. The lowest BCUT2D eigenvalue weighted by molar-refractivity contribution is -0.141. The average molecular weight is 479 g/mol. The van der Waals surface area contributed by atoms with E-state index in [0.29, 0.717) is 5.56 Å². The summed E-state index contributed by atoms with van der Waals surface area (Å²) >= 11 is 6.32. The fourth-order valence-electron chi connectivity index (χ4n) is 3.97. The van der Waals surface area contributed by atoms with Crippen LogP contribution in [0.2, 0.25) is 5.02 Å². The summed E-state index contributed by atoms with van der Waals surface area (Å²) in [5.74, 6) is -1.34. The van der Waals surface area contributed by atoms with Crippen LogP contribution in [-0.4, -0.2) is 35.0 Å². The largest absolute Gasteiger partial charge is 0.480 e. The number of amides is 1. The normalized spacial score (nSPS) is 12.7. The van der Waals surface area contributed by atoms with E-state index in [9.17, 15) is 14.7 Å². The Morgan fingerprint density at radius 2 is 1.53 bits per heavy atom. The van der Waals surface area contributed by atoms with E-state index >= 15 is 0 Å². The van der Waals surface area contributed by atoms with E-state index in [0.717, 1.165) is 38.5 Å². The Morgan fingerprint density at radius 1 is 0.912 bits per heavy atom. The molecule has 2 unspecified atom stereocenters. The number of anilines is 1. The molecule has 0 saturated heterocycles. The van der Waals surface area contributed by atoms with Gasteiger partial charge in [-0.2, -0.15) is 0 Å². The van der Waals surface area contributed by atoms with Crippen LogP contribution in [0.25, 0.3) is 11.1 Å². The molecule has 0 radical (unpaired) electrons. The molecule has 0 spiro atoms. The highest BCUT2D eigenvalue weighted by Crippen LogP contribution is 2.29. The van der Waals surface area contributed by atoms with Crippen molar-refractivity contribution in [3.05, 3.63) is 87.4 Å².